The average Bonchev–Trinajstić information content (AvgIpc) is 3.47. The molecule has 4 nitrogen and oxygen atoms in total. The van der Waals surface area contributed by atoms with Crippen LogP contribution in [0.25, 0.3) is 0 Å². The van der Waals surface area contributed by atoms with Gasteiger partial charge in [-0.05, 0) is 67.3 Å². The molecule has 2 aromatic rings. The quantitative estimate of drug-likeness (QED) is 0.635. The van der Waals surface area contributed by atoms with Gasteiger partial charge >= 0.3 is 6.18 Å². The highest BCUT2D eigenvalue weighted by atomic mass is 19.4. The van der Waals surface area contributed by atoms with E-state index in [4.69, 9.17) is 14.7 Å². The minimum atomic E-state index is -4.36. The van der Waals surface area contributed by atoms with Crippen LogP contribution in [0.3, 0.4) is 0 Å². The molecule has 2 atom stereocenters. The number of nitriles is 1. The molecular formula is C23H23F3N2O2. The first-order valence-corrected chi connectivity index (χ1v) is 10.1. The van der Waals surface area contributed by atoms with Gasteiger partial charge in [0.05, 0.1) is 36.4 Å². The molecule has 0 spiro atoms. The lowest BCUT2D eigenvalue weighted by molar-refractivity contribution is -0.137. The molecule has 158 valence electrons. The summed E-state index contributed by atoms with van der Waals surface area (Å²) in [6.07, 6.45) is -1.35. The summed E-state index contributed by atoms with van der Waals surface area (Å²) in [5.74, 6) is 1.10. The van der Waals surface area contributed by atoms with Gasteiger partial charge in [0.2, 0.25) is 0 Å². The number of rotatable bonds is 7. The average molecular weight is 416 g/mol. The van der Waals surface area contributed by atoms with Gasteiger partial charge in [-0.25, -0.2) is 0 Å². The molecule has 0 unspecified atom stereocenters. The number of ether oxygens (including phenoxy) is 2. The molecule has 2 aliphatic rings. The molecule has 1 heterocycles. The molecule has 1 saturated carbocycles. The second-order valence-electron chi connectivity index (χ2n) is 7.94. The lowest BCUT2D eigenvalue weighted by Gasteiger charge is -2.26. The van der Waals surface area contributed by atoms with Crippen LogP contribution in [-0.2, 0) is 10.9 Å². The van der Waals surface area contributed by atoms with E-state index < -0.39 is 11.7 Å². The van der Waals surface area contributed by atoms with Crippen molar-refractivity contribution in [3.05, 3.63) is 59.7 Å². The highest BCUT2D eigenvalue weighted by Gasteiger charge is 2.35. The second kappa shape index (κ2) is 8.57. The van der Waals surface area contributed by atoms with Gasteiger partial charge in [0.1, 0.15) is 11.9 Å². The van der Waals surface area contributed by atoms with Crippen molar-refractivity contribution in [3.8, 4) is 11.8 Å². The highest BCUT2D eigenvalue weighted by molar-refractivity contribution is 5.52. The van der Waals surface area contributed by atoms with Crippen LogP contribution in [0.15, 0.2) is 48.5 Å². The van der Waals surface area contributed by atoms with Gasteiger partial charge < -0.3 is 14.4 Å². The van der Waals surface area contributed by atoms with E-state index in [1.54, 1.807) is 12.1 Å². The van der Waals surface area contributed by atoms with Crippen LogP contribution in [0.4, 0.5) is 18.9 Å². The fourth-order valence-corrected chi connectivity index (χ4v) is 3.73. The second-order valence-corrected chi connectivity index (χ2v) is 7.94. The summed E-state index contributed by atoms with van der Waals surface area (Å²) < 4.78 is 50.2. The van der Waals surface area contributed by atoms with E-state index in [-0.39, 0.29) is 12.1 Å². The Hall–Kier alpha value is -2.72. The number of hydrogen-bond donors (Lipinski definition) is 0. The van der Waals surface area contributed by atoms with Gasteiger partial charge in [0.25, 0.3) is 0 Å². The Bertz CT molecular complexity index is 887. The first-order chi connectivity index (χ1) is 14.4. The van der Waals surface area contributed by atoms with Gasteiger partial charge in [-0.15, -0.1) is 0 Å². The van der Waals surface area contributed by atoms with Crippen molar-refractivity contribution >= 4 is 5.69 Å². The predicted molar refractivity (Wildman–Crippen MR) is 106 cm³/mol. The van der Waals surface area contributed by atoms with Crippen LogP contribution in [0, 0.1) is 17.2 Å². The van der Waals surface area contributed by atoms with Gasteiger partial charge in [-0.1, -0.05) is 0 Å². The molecule has 30 heavy (non-hydrogen) atoms. The Morgan fingerprint density at radius 1 is 1.00 bits per heavy atom. The first-order valence-electron chi connectivity index (χ1n) is 10.1. The van der Waals surface area contributed by atoms with Crippen molar-refractivity contribution in [2.45, 2.75) is 37.6 Å². The molecule has 2 fully saturated rings. The van der Waals surface area contributed by atoms with Crippen molar-refractivity contribution in [1.82, 2.24) is 0 Å². The largest absolute Gasteiger partial charge is 0.489 e. The Balaban J connectivity index is 1.43. The lowest BCUT2D eigenvalue weighted by Crippen LogP contribution is -2.33. The van der Waals surface area contributed by atoms with Crippen molar-refractivity contribution in [2.24, 2.45) is 5.92 Å². The molecule has 2 aromatic carbocycles. The zero-order chi connectivity index (χ0) is 21.1. The van der Waals surface area contributed by atoms with E-state index in [1.807, 2.05) is 12.1 Å². The van der Waals surface area contributed by atoms with Crippen molar-refractivity contribution < 1.29 is 22.6 Å². The fourth-order valence-electron chi connectivity index (χ4n) is 3.73. The highest BCUT2D eigenvalue weighted by Crippen LogP contribution is 2.33. The zero-order valence-corrected chi connectivity index (χ0v) is 16.4. The zero-order valence-electron chi connectivity index (χ0n) is 16.4. The van der Waals surface area contributed by atoms with Gasteiger partial charge in [0, 0.05) is 18.7 Å². The maximum Gasteiger partial charge on any atom is 0.416 e. The molecule has 1 aliphatic carbocycles. The van der Waals surface area contributed by atoms with Crippen LogP contribution in [-0.4, -0.2) is 31.9 Å². The van der Waals surface area contributed by atoms with E-state index in [0.29, 0.717) is 36.8 Å². The third-order valence-corrected chi connectivity index (χ3v) is 5.55. The van der Waals surface area contributed by atoms with Crippen LogP contribution in [0.5, 0.6) is 5.75 Å². The lowest BCUT2D eigenvalue weighted by atomic mass is 10.1. The van der Waals surface area contributed by atoms with E-state index in [2.05, 4.69) is 11.0 Å². The number of halogens is 3. The topological polar surface area (TPSA) is 45.5 Å². The van der Waals surface area contributed by atoms with E-state index in [0.717, 1.165) is 24.4 Å². The molecule has 1 aliphatic heterocycles. The van der Waals surface area contributed by atoms with Gasteiger partial charge in [0.15, 0.2) is 0 Å². The molecule has 4 rings (SSSR count). The summed E-state index contributed by atoms with van der Waals surface area (Å²) in [5.41, 5.74) is 0.886. The molecule has 0 bridgehead atoms. The maximum atomic E-state index is 12.8. The number of alkyl halides is 3. The Kier molecular flexibility index (Phi) is 5.87. The minimum absolute atomic E-state index is 0.108. The smallest absolute Gasteiger partial charge is 0.416 e. The normalized spacial score (nSPS) is 21.5. The molecular weight excluding hydrogens is 393 g/mol. The molecule has 0 N–H and O–H groups in total. The Morgan fingerprint density at radius 3 is 2.30 bits per heavy atom. The van der Waals surface area contributed by atoms with Crippen LogP contribution < -0.4 is 9.64 Å². The maximum absolute atomic E-state index is 12.8. The summed E-state index contributed by atoms with van der Waals surface area (Å²) in [7, 11) is 0. The first kappa shape index (κ1) is 20.5. The number of benzene rings is 2. The van der Waals surface area contributed by atoms with E-state index in [1.165, 1.54) is 25.0 Å². The molecule has 0 radical (unpaired) electrons. The van der Waals surface area contributed by atoms with Crippen LogP contribution >= 0.6 is 0 Å². The standard InChI is InChI=1S/C23H23F3N2O2/c24-23(25,26)18-5-9-21(10-6-18)30-22-11-20(15-29-14-17-1-2-17)28(13-22)19-7-3-16(12-27)4-8-19/h3-10,17,20,22H,1-2,11,13-15H2/t20-,22+/m0/s1. The molecule has 0 amide bonds. The molecule has 1 saturated heterocycles. The summed E-state index contributed by atoms with van der Waals surface area (Å²) in [4.78, 5) is 2.20. The van der Waals surface area contributed by atoms with Crippen molar-refractivity contribution in [2.75, 3.05) is 24.7 Å². The van der Waals surface area contributed by atoms with Crippen molar-refractivity contribution in [1.29, 1.82) is 5.26 Å². The summed E-state index contributed by atoms with van der Waals surface area (Å²) >= 11 is 0. The summed E-state index contributed by atoms with van der Waals surface area (Å²) in [6, 6.07) is 14.4. The predicted octanol–water partition coefficient (Wildman–Crippen LogP) is 5.03. The minimum Gasteiger partial charge on any atom is -0.489 e. The number of anilines is 1. The molecule has 7 heteroatoms. The monoisotopic (exact) mass is 416 g/mol. The van der Waals surface area contributed by atoms with E-state index in [9.17, 15) is 13.2 Å². The third kappa shape index (κ3) is 5.06. The van der Waals surface area contributed by atoms with E-state index >= 15 is 0 Å². The van der Waals surface area contributed by atoms with Crippen LogP contribution in [0.2, 0.25) is 0 Å². The fraction of sp³-hybridized carbons (Fsp3) is 0.435. The van der Waals surface area contributed by atoms with Crippen molar-refractivity contribution in [3.63, 3.8) is 0 Å². The SMILES string of the molecule is N#Cc1ccc(N2C[C@H](Oc3ccc(C(F)(F)F)cc3)C[C@H]2COCC2CC2)cc1. The third-order valence-electron chi connectivity index (χ3n) is 5.55. The van der Waals surface area contributed by atoms with Gasteiger partial charge in [-0.2, -0.15) is 18.4 Å². The summed E-state index contributed by atoms with van der Waals surface area (Å²) in [6.45, 7) is 1.94. The number of hydrogen-bond acceptors (Lipinski definition) is 4. The van der Waals surface area contributed by atoms with Gasteiger partial charge in [-0.3, -0.25) is 0 Å². The Labute approximate surface area is 173 Å². The van der Waals surface area contributed by atoms with Crippen LogP contribution in [0.1, 0.15) is 30.4 Å². The number of nitrogens with zero attached hydrogens (tertiary/aromatic N) is 2. The molecule has 0 aromatic heterocycles. The Morgan fingerprint density at radius 2 is 1.70 bits per heavy atom. The summed E-state index contributed by atoms with van der Waals surface area (Å²) in [5, 5.41) is 9.02.